The molecule has 1 N–H and O–H groups in total. The van der Waals surface area contributed by atoms with Crippen molar-refractivity contribution in [2.45, 2.75) is 39.0 Å². The molecule has 8 heteroatoms. The van der Waals surface area contributed by atoms with Gasteiger partial charge in [-0.15, -0.1) is 0 Å². The quantitative estimate of drug-likeness (QED) is 0.619. The second kappa shape index (κ2) is 10.4. The van der Waals surface area contributed by atoms with E-state index in [1.165, 1.54) is 18.5 Å². The summed E-state index contributed by atoms with van der Waals surface area (Å²) in [7, 11) is -3.17. The van der Waals surface area contributed by atoms with Crippen molar-refractivity contribution in [3.8, 4) is 0 Å². The van der Waals surface area contributed by atoms with Gasteiger partial charge in [-0.3, -0.25) is 9.69 Å². The number of amides is 1. The minimum atomic E-state index is -3.17. The Kier molecular flexibility index (Phi) is 7.91. The van der Waals surface area contributed by atoms with Crippen LogP contribution >= 0.6 is 0 Å². The molecule has 2 heterocycles. The van der Waals surface area contributed by atoms with E-state index in [-0.39, 0.29) is 18.2 Å². The number of hydrogen-bond donors (Lipinski definition) is 1. The number of nitrogens with zero attached hydrogens (tertiary/aromatic N) is 3. The van der Waals surface area contributed by atoms with E-state index >= 15 is 0 Å². The van der Waals surface area contributed by atoms with Crippen LogP contribution in [0, 0.1) is 0 Å². The number of carbonyl (C=O) groups is 1. The Hall–Kier alpha value is -1.64. The zero-order valence-electron chi connectivity index (χ0n) is 17.5. The van der Waals surface area contributed by atoms with Gasteiger partial charge in [0, 0.05) is 50.6 Å². The van der Waals surface area contributed by atoms with Crippen molar-refractivity contribution in [3.05, 3.63) is 24.3 Å². The number of rotatable bonds is 9. The molecule has 0 unspecified atom stereocenters. The van der Waals surface area contributed by atoms with Gasteiger partial charge < -0.3 is 10.2 Å². The maximum absolute atomic E-state index is 12.4. The van der Waals surface area contributed by atoms with Gasteiger partial charge in [0.25, 0.3) is 0 Å². The normalized spacial score (nSPS) is 18.9. The Bertz CT molecular complexity index is 753. The number of carbonyl (C=O) groups excluding carboxylic acids is 1. The van der Waals surface area contributed by atoms with E-state index in [1.54, 1.807) is 4.31 Å². The Balaban J connectivity index is 1.41. The topological polar surface area (TPSA) is 73.0 Å². The lowest BCUT2D eigenvalue weighted by Gasteiger charge is -2.33. The zero-order chi connectivity index (χ0) is 20.7. The highest BCUT2D eigenvalue weighted by molar-refractivity contribution is 7.89. The fraction of sp³-hybridized carbons (Fsp3) is 0.667. The molecule has 7 nitrogen and oxygen atoms in total. The van der Waals surface area contributed by atoms with Crippen molar-refractivity contribution in [2.75, 3.05) is 61.8 Å². The van der Waals surface area contributed by atoms with Crippen molar-refractivity contribution in [1.82, 2.24) is 9.21 Å². The number of benzene rings is 1. The predicted molar refractivity (Wildman–Crippen MR) is 118 cm³/mol. The maximum atomic E-state index is 12.4. The molecule has 2 aliphatic rings. The van der Waals surface area contributed by atoms with Crippen molar-refractivity contribution >= 4 is 27.3 Å². The third kappa shape index (κ3) is 6.42. The van der Waals surface area contributed by atoms with Gasteiger partial charge in [0.2, 0.25) is 15.9 Å². The number of unbranched alkanes of at least 4 members (excludes halogenated alkanes) is 2. The second-order valence-corrected chi connectivity index (χ2v) is 10.1. The first-order valence-corrected chi connectivity index (χ1v) is 12.4. The lowest BCUT2D eigenvalue weighted by molar-refractivity contribution is -0.117. The van der Waals surface area contributed by atoms with E-state index < -0.39 is 10.0 Å². The molecular weight excluding hydrogens is 388 g/mol. The molecule has 2 aliphatic heterocycles. The van der Waals surface area contributed by atoms with E-state index in [9.17, 15) is 13.2 Å². The van der Waals surface area contributed by atoms with Crippen LogP contribution < -0.4 is 10.2 Å². The van der Waals surface area contributed by atoms with E-state index in [1.807, 2.05) is 17.0 Å². The first kappa shape index (κ1) is 22.1. The second-order valence-electron chi connectivity index (χ2n) is 7.99. The number of anilines is 2. The SMILES string of the molecule is CCCCCS(=O)(=O)N1CCN(CC(=O)Nc2ccc(N3CCCC3)cc2)CC1. The van der Waals surface area contributed by atoms with Crippen molar-refractivity contribution in [3.63, 3.8) is 0 Å². The van der Waals surface area contributed by atoms with Crippen molar-refractivity contribution in [2.24, 2.45) is 0 Å². The number of piperazine rings is 1. The predicted octanol–water partition coefficient (Wildman–Crippen LogP) is 2.36. The Morgan fingerprint density at radius 3 is 2.24 bits per heavy atom. The summed E-state index contributed by atoms with van der Waals surface area (Å²) in [6.45, 7) is 6.68. The smallest absolute Gasteiger partial charge is 0.238 e. The molecule has 29 heavy (non-hydrogen) atoms. The summed E-state index contributed by atoms with van der Waals surface area (Å²) in [6.07, 6.45) is 5.16. The van der Waals surface area contributed by atoms with Crippen molar-refractivity contribution < 1.29 is 13.2 Å². The highest BCUT2D eigenvalue weighted by Gasteiger charge is 2.27. The van der Waals surface area contributed by atoms with Gasteiger partial charge in [-0.05, 0) is 43.5 Å². The first-order valence-electron chi connectivity index (χ1n) is 10.8. The van der Waals surface area contributed by atoms with Crippen LogP contribution in [0.25, 0.3) is 0 Å². The molecule has 0 atom stereocenters. The summed E-state index contributed by atoms with van der Waals surface area (Å²) in [5.41, 5.74) is 2.01. The van der Waals surface area contributed by atoms with Gasteiger partial charge in [0.1, 0.15) is 0 Å². The third-order valence-electron chi connectivity index (χ3n) is 5.72. The molecule has 3 rings (SSSR count). The van der Waals surface area contributed by atoms with Crippen LogP contribution in [0.3, 0.4) is 0 Å². The highest BCUT2D eigenvalue weighted by Crippen LogP contribution is 2.22. The Morgan fingerprint density at radius 1 is 0.966 bits per heavy atom. The van der Waals surface area contributed by atoms with Crippen molar-refractivity contribution in [1.29, 1.82) is 0 Å². The van der Waals surface area contributed by atoms with Crippen LogP contribution in [0.4, 0.5) is 11.4 Å². The zero-order valence-corrected chi connectivity index (χ0v) is 18.3. The number of hydrogen-bond acceptors (Lipinski definition) is 5. The Morgan fingerprint density at radius 2 is 1.62 bits per heavy atom. The molecule has 0 spiro atoms. The van der Waals surface area contributed by atoms with Gasteiger partial charge in [-0.25, -0.2) is 8.42 Å². The molecule has 0 radical (unpaired) electrons. The van der Waals surface area contributed by atoms with Gasteiger partial charge in [0.05, 0.1) is 12.3 Å². The molecule has 2 fully saturated rings. The summed E-state index contributed by atoms with van der Waals surface area (Å²) >= 11 is 0. The van der Waals surface area contributed by atoms with Crippen LogP contribution in [0.2, 0.25) is 0 Å². The van der Waals surface area contributed by atoms with Gasteiger partial charge in [-0.2, -0.15) is 4.31 Å². The number of nitrogens with one attached hydrogen (secondary N) is 1. The fourth-order valence-electron chi connectivity index (χ4n) is 3.96. The molecule has 1 aromatic rings. The molecule has 0 aliphatic carbocycles. The monoisotopic (exact) mass is 422 g/mol. The molecule has 0 bridgehead atoms. The lowest BCUT2D eigenvalue weighted by Crippen LogP contribution is -2.50. The van der Waals surface area contributed by atoms with Gasteiger partial charge in [-0.1, -0.05) is 19.8 Å². The minimum Gasteiger partial charge on any atom is -0.372 e. The standard InChI is InChI=1S/C21H34N4O3S/c1-2-3-6-17-29(27,28)25-15-13-23(14-16-25)18-21(26)22-19-7-9-20(10-8-19)24-11-4-5-12-24/h7-10H,2-6,11-18H2,1H3,(H,22,26). The Labute approximate surface area is 175 Å². The third-order valence-corrected chi connectivity index (χ3v) is 7.68. The van der Waals surface area contributed by atoms with Gasteiger partial charge in [0.15, 0.2) is 0 Å². The minimum absolute atomic E-state index is 0.0572. The molecule has 0 aromatic heterocycles. The van der Waals surface area contributed by atoms with Crippen LogP contribution in [0.5, 0.6) is 0 Å². The fourth-order valence-corrected chi connectivity index (χ4v) is 5.51. The van der Waals surface area contributed by atoms with Crippen LogP contribution in [0.1, 0.15) is 39.0 Å². The molecular formula is C21H34N4O3S. The maximum Gasteiger partial charge on any atom is 0.238 e. The average molecular weight is 423 g/mol. The lowest BCUT2D eigenvalue weighted by atomic mass is 10.2. The largest absolute Gasteiger partial charge is 0.372 e. The molecule has 0 saturated carbocycles. The summed E-state index contributed by atoms with van der Waals surface area (Å²) in [4.78, 5) is 16.8. The molecule has 1 aromatic carbocycles. The van der Waals surface area contributed by atoms with E-state index in [0.29, 0.717) is 26.2 Å². The van der Waals surface area contributed by atoms with E-state index in [0.717, 1.165) is 38.0 Å². The van der Waals surface area contributed by atoms with Crippen LogP contribution in [-0.4, -0.2) is 75.1 Å². The summed E-state index contributed by atoms with van der Waals surface area (Å²) in [5.74, 6) is 0.174. The molecule has 162 valence electrons. The first-order chi connectivity index (χ1) is 14.0. The average Bonchev–Trinajstić information content (AvgIpc) is 3.24. The van der Waals surface area contributed by atoms with Crippen LogP contribution in [-0.2, 0) is 14.8 Å². The molecule has 2 saturated heterocycles. The van der Waals surface area contributed by atoms with E-state index in [4.69, 9.17) is 0 Å². The molecule has 1 amide bonds. The highest BCUT2D eigenvalue weighted by atomic mass is 32.2. The number of sulfonamides is 1. The summed E-state index contributed by atoms with van der Waals surface area (Å²) < 4.78 is 26.3. The van der Waals surface area contributed by atoms with E-state index in [2.05, 4.69) is 29.3 Å². The summed E-state index contributed by atoms with van der Waals surface area (Å²) in [6, 6.07) is 8.02. The van der Waals surface area contributed by atoms with Crippen LogP contribution in [0.15, 0.2) is 24.3 Å². The van der Waals surface area contributed by atoms with Gasteiger partial charge >= 0.3 is 0 Å². The summed E-state index contributed by atoms with van der Waals surface area (Å²) in [5, 5.41) is 2.95.